The highest BCUT2D eigenvalue weighted by molar-refractivity contribution is 6.51. The predicted molar refractivity (Wildman–Crippen MR) is 111 cm³/mol. The van der Waals surface area contributed by atoms with E-state index < -0.39 is 17.7 Å². The first-order valence-electron chi connectivity index (χ1n) is 9.48. The molecule has 150 valence electrons. The van der Waals surface area contributed by atoms with Crippen LogP contribution in [0.15, 0.2) is 78.6 Å². The van der Waals surface area contributed by atoms with Crippen LogP contribution >= 0.6 is 0 Å². The fourth-order valence-electron chi connectivity index (χ4n) is 3.44. The first-order chi connectivity index (χ1) is 14.6. The third-order valence-corrected chi connectivity index (χ3v) is 4.77. The monoisotopic (exact) mass is 401 g/mol. The van der Waals surface area contributed by atoms with E-state index in [-0.39, 0.29) is 17.3 Å². The average molecular weight is 401 g/mol. The van der Waals surface area contributed by atoms with Crippen LogP contribution in [0, 0.1) is 0 Å². The number of carbonyl (C=O) groups is 2. The molecule has 4 rings (SSSR count). The van der Waals surface area contributed by atoms with E-state index in [0.29, 0.717) is 23.5 Å². The van der Waals surface area contributed by atoms with E-state index in [4.69, 9.17) is 4.74 Å². The highest BCUT2D eigenvalue weighted by Gasteiger charge is 2.48. The van der Waals surface area contributed by atoms with Gasteiger partial charge in [0.25, 0.3) is 5.78 Å². The molecule has 3 aromatic rings. The normalized spacial score (nSPS) is 17.9. The second-order valence-electron chi connectivity index (χ2n) is 6.59. The van der Waals surface area contributed by atoms with Crippen molar-refractivity contribution in [1.82, 2.24) is 9.97 Å². The SMILES string of the molecule is CCOc1ccc(C(O)=C2C(=O)C(=O)N(c3ncccn3)[C@@H]2c2ccccc2)cc1. The van der Waals surface area contributed by atoms with Gasteiger partial charge in [-0.25, -0.2) is 9.97 Å². The average Bonchev–Trinajstić information content (AvgIpc) is 3.06. The molecule has 1 aliphatic heterocycles. The van der Waals surface area contributed by atoms with Crippen molar-refractivity contribution < 1.29 is 19.4 Å². The van der Waals surface area contributed by atoms with Crippen LogP contribution in [0.3, 0.4) is 0 Å². The number of anilines is 1. The van der Waals surface area contributed by atoms with E-state index in [0.717, 1.165) is 0 Å². The number of aliphatic hydroxyl groups is 1. The van der Waals surface area contributed by atoms with Crippen molar-refractivity contribution in [1.29, 1.82) is 0 Å². The van der Waals surface area contributed by atoms with Gasteiger partial charge in [0.2, 0.25) is 5.95 Å². The summed E-state index contributed by atoms with van der Waals surface area (Å²) < 4.78 is 5.43. The Kier molecular flexibility index (Phi) is 5.26. The van der Waals surface area contributed by atoms with Gasteiger partial charge in [0.05, 0.1) is 18.2 Å². The number of ether oxygens (including phenoxy) is 1. The first kappa shape index (κ1) is 19.3. The van der Waals surface area contributed by atoms with Crippen LogP contribution in [0.1, 0.15) is 24.1 Å². The zero-order valence-electron chi connectivity index (χ0n) is 16.2. The molecule has 0 radical (unpaired) electrons. The van der Waals surface area contributed by atoms with E-state index in [1.54, 1.807) is 54.6 Å². The molecule has 7 heteroatoms. The molecule has 1 amide bonds. The minimum absolute atomic E-state index is 0.0113. The molecule has 7 nitrogen and oxygen atoms in total. The molecule has 0 spiro atoms. The summed E-state index contributed by atoms with van der Waals surface area (Å²) in [7, 11) is 0. The Morgan fingerprint density at radius 3 is 2.30 bits per heavy atom. The number of rotatable bonds is 5. The Hall–Kier alpha value is -4.00. The van der Waals surface area contributed by atoms with Crippen LogP contribution < -0.4 is 9.64 Å². The highest BCUT2D eigenvalue weighted by Crippen LogP contribution is 2.40. The smallest absolute Gasteiger partial charge is 0.302 e. The number of Topliss-reactive ketones (excluding diaryl/α,β-unsaturated/α-hetero) is 1. The lowest BCUT2D eigenvalue weighted by Gasteiger charge is -2.23. The number of aliphatic hydroxyl groups excluding tert-OH is 1. The van der Waals surface area contributed by atoms with Gasteiger partial charge in [0.1, 0.15) is 11.5 Å². The number of nitrogens with zero attached hydrogens (tertiary/aromatic N) is 3. The van der Waals surface area contributed by atoms with Crippen molar-refractivity contribution in [3.05, 3.63) is 89.8 Å². The Labute approximate surface area is 173 Å². The van der Waals surface area contributed by atoms with Crippen LogP contribution in [0.25, 0.3) is 5.76 Å². The van der Waals surface area contributed by atoms with Crippen LogP contribution in [0.2, 0.25) is 0 Å². The zero-order valence-corrected chi connectivity index (χ0v) is 16.2. The fourth-order valence-corrected chi connectivity index (χ4v) is 3.44. The third kappa shape index (κ3) is 3.41. The second kappa shape index (κ2) is 8.16. The fraction of sp³-hybridized carbons (Fsp3) is 0.130. The quantitative estimate of drug-likeness (QED) is 0.400. The third-order valence-electron chi connectivity index (χ3n) is 4.77. The van der Waals surface area contributed by atoms with Gasteiger partial charge >= 0.3 is 5.91 Å². The molecule has 2 aromatic carbocycles. The van der Waals surface area contributed by atoms with Crippen molar-refractivity contribution in [2.24, 2.45) is 0 Å². The van der Waals surface area contributed by atoms with E-state index in [9.17, 15) is 14.7 Å². The highest BCUT2D eigenvalue weighted by atomic mass is 16.5. The lowest BCUT2D eigenvalue weighted by atomic mass is 9.95. The Balaban J connectivity index is 1.87. The molecule has 1 fully saturated rings. The first-order valence-corrected chi connectivity index (χ1v) is 9.48. The van der Waals surface area contributed by atoms with Gasteiger partial charge in [-0.15, -0.1) is 0 Å². The van der Waals surface area contributed by atoms with Crippen LogP contribution in [-0.4, -0.2) is 33.4 Å². The zero-order chi connectivity index (χ0) is 21.1. The number of hydrogen-bond acceptors (Lipinski definition) is 6. The van der Waals surface area contributed by atoms with Gasteiger partial charge in [0.15, 0.2) is 0 Å². The summed E-state index contributed by atoms with van der Waals surface area (Å²) in [4.78, 5) is 35.4. The maximum atomic E-state index is 13.0. The largest absolute Gasteiger partial charge is 0.507 e. The molecule has 1 N–H and O–H groups in total. The Bertz CT molecular complexity index is 1100. The van der Waals surface area contributed by atoms with Gasteiger partial charge in [-0.2, -0.15) is 0 Å². The summed E-state index contributed by atoms with van der Waals surface area (Å²) >= 11 is 0. The molecule has 1 atom stereocenters. The molecule has 2 heterocycles. The molecule has 30 heavy (non-hydrogen) atoms. The summed E-state index contributed by atoms with van der Waals surface area (Å²) in [6.07, 6.45) is 2.99. The van der Waals surface area contributed by atoms with Crippen molar-refractivity contribution in [2.75, 3.05) is 11.5 Å². The summed E-state index contributed by atoms with van der Waals surface area (Å²) in [6.45, 7) is 2.39. The molecular weight excluding hydrogens is 382 g/mol. The molecular formula is C23H19N3O4. The number of benzene rings is 2. The second-order valence-corrected chi connectivity index (χ2v) is 6.59. The number of hydrogen-bond donors (Lipinski definition) is 1. The Morgan fingerprint density at radius 2 is 1.67 bits per heavy atom. The number of amides is 1. The molecule has 1 aliphatic rings. The summed E-state index contributed by atoms with van der Waals surface area (Å²) in [6, 6.07) is 16.5. The molecule has 1 aromatic heterocycles. The van der Waals surface area contributed by atoms with Crippen LogP contribution in [0.4, 0.5) is 5.95 Å². The standard InChI is InChI=1S/C23H19N3O4/c1-2-30-17-11-9-16(10-12-17)20(27)18-19(15-7-4-3-5-8-15)26(22(29)21(18)28)23-24-13-6-14-25-23/h3-14,19,27H,2H2,1H3/t19-/m1/s1. The topological polar surface area (TPSA) is 92.6 Å². The maximum absolute atomic E-state index is 13.0. The predicted octanol–water partition coefficient (Wildman–Crippen LogP) is 3.50. The van der Waals surface area contributed by atoms with Crippen LogP contribution in [-0.2, 0) is 9.59 Å². The molecule has 0 bridgehead atoms. The van der Waals surface area contributed by atoms with E-state index >= 15 is 0 Å². The van der Waals surface area contributed by atoms with Crippen molar-refractivity contribution in [3.63, 3.8) is 0 Å². The van der Waals surface area contributed by atoms with Crippen molar-refractivity contribution >= 4 is 23.4 Å². The van der Waals surface area contributed by atoms with Gasteiger partial charge in [0, 0.05) is 18.0 Å². The maximum Gasteiger partial charge on any atom is 0.302 e. The van der Waals surface area contributed by atoms with Gasteiger partial charge < -0.3 is 9.84 Å². The summed E-state index contributed by atoms with van der Waals surface area (Å²) in [5.74, 6) is -1.10. The van der Waals surface area contributed by atoms with Gasteiger partial charge in [-0.05, 0) is 42.8 Å². The van der Waals surface area contributed by atoms with Crippen LogP contribution in [0.5, 0.6) is 5.75 Å². The molecule has 0 unspecified atom stereocenters. The van der Waals surface area contributed by atoms with Gasteiger partial charge in [-0.3, -0.25) is 14.5 Å². The minimum atomic E-state index is -0.847. The van der Waals surface area contributed by atoms with Crippen molar-refractivity contribution in [2.45, 2.75) is 13.0 Å². The lowest BCUT2D eigenvalue weighted by molar-refractivity contribution is -0.132. The molecule has 0 aliphatic carbocycles. The van der Waals surface area contributed by atoms with Crippen molar-refractivity contribution in [3.8, 4) is 5.75 Å². The van der Waals surface area contributed by atoms with Gasteiger partial charge in [-0.1, -0.05) is 30.3 Å². The van der Waals surface area contributed by atoms with E-state index in [1.165, 1.54) is 17.3 Å². The molecule has 0 saturated carbocycles. The summed E-state index contributed by atoms with van der Waals surface area (Å²) in [5.41, 5.74) is 1.06. The Morgan fingerprint density at radius 1 is 1.00 bits per heavy atom. The number of ketones is 1. The minimum Gasteiger partial charge on any atom is -0.507 e. The number of aromatic nitrogens is 2. The number of carbonyl (C=O) groups excluding carboxylic acids is 2. The molecule has 1 saturated heterocycles. The summed E-state index contributed by atoms with van der Waals surface area (Å²) in [5, 5.41) is 11.0. The van der Waals surface area contributed by atoms with E-state index in [2.05, 4.69) is 9.97 Å². The lowest BCUT2D eigenvalue weighted by Crippen LogP contribution is -2.31. The van der Waals surface area contributed by atoms with E-state index in [1.807, 2.05) is 13.0 Å².